The van der Waals surface area contributed by atoms with Crippen LogP contribution in [0, 0.1) is 39.9 Å². The molecule has 0 aromatic rings. The van der Waals surface area contributed by atoms with E-state index in [4.69, 9.17) is 0 Å². The molecule has 4 rings (SSSR count). The Hall–Kier alpha value is -1.51. The summed E-state index contributed by atoms with van der Waals surface area (Å²) in [4.78, 5) is 36.9. The van der Waals surface area contributed by atoms with E-state index in [-0.39, 0.29) is 27.8 Å². The van der Waals surface area contributed by atoms with Gasteiger partial charge in [0.1, 0.15) is 11.6 Å². The van der Waals surface area contributed by atoms with E-state index in [1.54, 1.807) is 13.0 Å². The summed E-state index contributed by atoms with van der Waals surface area (Å²) in [5.74, 6) is 2.61. The summed E-state index contributed by atoms with van der Waals surface area (Å²) in [6.07, 6.45) is 12.0. The molecule has 0 aliphatic heterocycles. The lowest BCUT2D eigenvalue weighted by atomic mass is 9.45. The molecule has 158 valence electrons. The lowest BCUT2D eigenvalue weighted by Gasteiger charge is -2.58. The molecule has 29 heavy (non-hydrogen) atoms. The van der Waals surface area contributed by atoms with Gasteiger partial charge in [-0.05, 0) is 80.3 Å². The van der Waals surface area contributed by atoms with Crippen LogP contribution in [0.25, 0.3) is 0 Å². The lowest BCUT2D eigenvalue weighted by molar-refractivity contribution is -0.143. The normalized spacial score (nSPS) is 45.8. The Bertz CT molecular complexity index is 820. The number of allylic oxidation sites excluding steroid dienone is 4. The SMILES string of the molecule is CC(=O)CCC(=O)[C@@]1(C)[C@H](C)CC2C3CCC4=CC(=O)C=CC4(C)C3CCC21C. The molecule has 0 spiro atoms. The molecule has 0 radical (unpaired) electrons. The van der Waals surface area contributed by atoms with Gasteiger partial charge in [-0.2, -0.15) is 0 Å². The highest BCUT2D eigenvalue weighted by Crippen LogP contribution is 2.71. The Labute approximate surface area is 175 Å². The van der Waals surface area contributed by atoms with Gasteiger partial charge in [0.15, 0.2) is 5.78 Å². The molecule has 4 aliphatic carbocycles. The predicted octanol–water partition coefficient (Wildman–Crippen LogP) is 5.48. The lowest BCUT2D eigenvalue weighted by Crippen LogP contribution is -2.53. The third-order valence-electron chi connectivity index (χ3n) is 10.0. The molecular weight excluding hydrogens is 360 g/mol. The molecule has 5 unspecified atom stereocenters. The van der Waals surface area contributed by atoms with Gasteiger partial charge in [0.2, 0.25) is 0 Å². The fraction of sp³-hybridized carbons (Fsp3) is 0.731. The van der Waals surface area contributed by atoms with Crippen molar-refractivity contribution in [1.82, 2.24) is 0 Å². The van der Waals surface area contributed by atoms with Crippen LogP contribution in [0.1, 0.15) is 79.6 Å². The van der Waals surface area contributed by atoms with Crippen LogP contribution in [0.2, 0.25) is 0 Å². The van der Waals surface area contributed by atoms with E-state index in [1.165, 1.54) is 5.57 Å². The van der Waals surface area contributed by atoms with Crippen molar-refractivity contribution in [2.24, 2.45) is 39.9 Å². The number of carbonyl (C=O) groups is 3. The average Bonchev–Trinajstić information content (AvgIpc) is 2.88. The van der Waals surface area contributed by atoms with Crippen molar-refractivity contribution >= 4 is 17.3 Å². The molecule has 3 saturated carbocycles. The Morgan fingerprint density at radius 3 is 2.52 bits per heavy atom. The number of carbonyl (C=O) groups excluding carboxylic acids is 3. The van der Waals surface area contributed by atoms with Crippen molar-refractivity contribution in [2.45, 2.75) is 79.6 Å². The van der Waals surface area contributed by atoms with Gasteiger partial charge >= 0.3 is 0 Å². The molecule has 0 saturated heterocycles. The maximum atomic E-state index is 13.4. The largest absolute Gasteiger partial charge is 0.300 e. The zero-order valence-electron chi connectivity index (χ0n) is 18.7. The Morgan fingerprint density at radius 2 is 1.83 bits per heavy atom. The minimum Gasteiger partial charge on any atom is -0.300 e. The van der Waals surface area contributed by atoms with E-state index in [1.807, 2.05) is 6.08 Å². The van der Waals surface area contributed by atoms with Gasteiger partial charge in [-0.15, -0.1) is 0 Å². The van der Waals surface area contributed by atoms with E-state index >= 15 is 0 Å². The minimum absolute atomic E-state index is 0.000967. The summed E-state index contributed by atoms with van der Waals surface area (Å²) >= 11 is 0. The van der Waals surface area contributed by atoms with E-state index in [9.17, 15) is 14.4 Å². The van der Waals surface area contributed by atoms with Crippen molar-refractivity contribution in [3.8, 4) is 0 Å². The maximum Gasteiger partial charge on any atom is 0.178 e. The third-order valence-corrected chi connectivity index (χ3v) is 10.0. The van der Waals surface area contributed by atoms with E-state index in [2.05, 4.69) is 33.8 Å². The molecule has 7 atom stereocenters. The zero-order valence-corrected chi connectivity index (χ0v) is 18.7. The summed E-state index contributed by atoms with van der Waals surface area (Å²) in [5, 5.41) is 0. The summed E-state index contributed by atoms with van der Waals surface area (Å²) in [5.41, 5.74) is 0.987. The van der Waals surface area contributed by atoms with Gasteiger partial charge < -0.3 is 4.79 Å². The van der Waals surface area contributed by atoms with Gasteiger partial charge in [0.25, 0.3) is 0 Å². The molecule has 3 nitrogen and oxygen atoms in total. The highest BCUT2D eigenvalue weighted by molar-refractivity contribution is 6.01. The maximum absolute atomic E-state index is 13.4. The molecule has 0 heterocycles. The summed E-state index contributed by atoms with van der Waals surface area (Å²) in [6, 6.07) is 0. The molecular formula is C26H36O3. The van der Waals surface area contributed by atoms with Crippen LogP contribution in [0.4, 0.5) is 0 Å². The highest BCUT2D eigenvalue weighted by atomic mass is 16.1. The van der Waals surface area contributed by atoms with Crippen molar-refractivity contribution in [3.05, 3.63) is 23.8 Å². The summed E-state index contributed by atoms with van der Waals surface area (Å²) in [7, 11) is 0. The Morgan fingerprint density at radius 1 is 1.10 bits per heavy atom. The highest BCUT2D eigenvalue weighted by Gasteiger charge is 2.66. The van der Waals surface area contributed by atoms with Crippen LogP contribution in [-0.4, -0.2) is 17.3 Å². The second kappa shape index (κ2) is 6.75. The molecule has 0 bridgehead atoms. The number of hydrogen-bond donors (Lipinski definition) is 0. The van der Waals surface area contributed by atoms with Crippen molar-refractivity contribution in [3.63, 3.8) is 0 Å². The average molecular weight is 397 g/mol. The number of fused-ring (bicyclic) bond motifs is 5. The van der Waals surface area contributed by atoms with Crippen LogP contribution in [0.5, 0.6) is 0 Å². The van der Waals surface area contributed by atoms with Gasteiger partial charge in [0.05, 0.1) is 0 Å². The van der Waals surface area contributed by atoms with Crippen LogP contribution in [0.15, 0.2) is 23.8 Å². The molecule has 3 fully saturated rings. The third kappa shape index (κ3) is 2.79. The number of Topliss-reactive ketones (excluding diaryl/α,β-unsaturated/α-hetero) is 2. The smallest absolute Gasteiger partial charge is 0.178 e. The molecule has 3 heteroatoms. The second-order valence-electron chi connectivity index (χ2n) is 11.0. The van der Waals surface area contributed by atoms with E-state index in [0.717, 1.165) is 32.1 Å². The van der Waals surface area contributed by atoms with Crippen molar-refractivity contribution in [1.29, 1.82) is 0 Å². The Kier molecular flexibility index (Phi) is 4.83. The summed E-state index contributed by atoms with van der Waals surface area (Å²) in [6.45, 7) is 10.8. The summed E-state index contributed by atoms with van der Waals surface area (Å²) < 4.78 is 0. The number of rotatable bonds is 4. The van der Waals surface area contributed by atoms with Gasteiger partial charge in [-0.3, -0.25) is 9.59 Å². The monoisotopic (exact) mass is 396 g/mol. The van der Waals surface area contributed by atoms with Gasteiger partial charge in [-0.25, -0.2) is 0 Å². The van der Waals surface area contributed by atoms with Crippen molar-refractivity contribution in [2.75, 3.05) is 0 Å². The topological polar surface area (TPSA) is 51.2 Å². The van der Waals surface area contributed by atoms with Crippen LogP contribution < -0.4 is 0 Å². The first kappa shape index (κ1) is 20.8. The van der Waals surface area contributed by atoms with Crippen molar-refractivity contribution < 1.29 is 14.4 Å². The molecule has 0 aromatic carbocycles. The quantitative estimate of drug-likeness (QED) is 0.632. The van der Waals surface area contributed by atoms with E-state index in [0.29, 0.717) is 42.3 Å². The first-order valence-corrected chi connectivity index (χ1v) is 11.5. The minimum atomic E-state index is -0.340. The van der Waals surface area contributed by atoms with Crippen LogP contribution in [-0.2, 0) is 14.4 Å². The first-order valence-electron chi connectivity index (χ1n) is 11.5. The molecule has 0 aromatic heterocycles. The van der Waals surface area contributed by atoms with Gasteiger partial charge in [0, 0.05) is 23.7 Å². The fourth-order valence-electron chi connectivity index (χ4n) is 7.92. The number of ketones is 3. The molecule has 0 amide bonds. The molecule has 4 aliphatic rings. The predicted molar refractivity (Wildman–Crippen MR) is 114 cm³/mol. The Balaban J connectivity index is 1.65. The number of hydrogen-bond acceptors (Lipinski definition) is 3. The standard InChI is InChI=1S/C26H36O3/c1-16-14-22-20-8-7-18-15-19(28)10-12-24(18,3)21(20)11-13-25(22,4)26(16,5)23(29)9-6-17(2)27/h10,12,15-16,20-22H,6-9,11,13-14H2,1-5H3/t16-,20?,21?,22?,24?,25?,26-/m1/s1. The van der Waals surface area contributed by atoms with Crippen LogP contribution >= 0.6 is 0 Å². The first-order chi connectivity index (χ1) is 13.5. The molecule has 0 N–H and O–H groups in total. The fourth-order valence-corrected chi connectivity index (χ4v) is 7.92. The van der Waals surface area contributed by atoms with Gasteiger partial charge in [-0.1, -0.05) is 39.3 Å². The zero-order chi connectivity index (χ0) is 21.2. The second-order valence-corrected chi connectivity index (χ2v) is 11.0. The van der Waals surface area contributed by atoms with E-state index < -0.39 is 0 Å². The van der Waals surface area contributed by atoms with Crippen LogP contribution in [0.3, 0.4) is 0 Å².